The lowest BCUT2D eigenvalue weighted by molar-refractivity contribution is -0.233. The van der Waals surface area contributed by atoms with E-state index in [1.807, 2.05) is 6.92 Å². The highest BCUT2D eigenvalue weighted by Gasteiger charge is 2.17. The van der Waals surface area contributed by atoms with Crippen molar-refractivity contribution >= 4 is 12.3 Å². The van der Waals surface area contributed by atoms with E-state index in [2.05, 4.69) is 9.78 Å². The van der Waals surface area contributed by atoms with Crippen LogP contribution in [0.3, 0.4) is 0 Å². The minimum absolute atomic E-state index is 0.379. The lowest BCUT2D eigenvalue weighted by Crippen LogP contribution is -2.23. The third kappa shape index (κ3) is 9.43. The maximum Gasteiger partial charge on any atom is 0.552 e. The Labute approximate surface area is 99.5 Å². The van der Waals surface area contributed by atoms with Gasteiger partial charge in [-0.1, -0.05) is 19.8 Å². The van der Waals surface area contributed by atoms with Gasteiger partial charge in [-0.05, 0) is 13.3 Å². The van der Waals surface area contributed by atoms with Crippen molar-refractivity contribution in [2.75, 3.05) is 6.61 Å². The Balaban J connectivity index is 3.87. The molecular formula is C10H18O7. The monoisotopic (exact) mass is 250 g/mol. The van der Waals surface area contributed by atoms with Gasteiger partial charge < -0.3 is 14.6 Å². The summed E-state index contributed by atoms with van der Waals surface area (Å²) in [5, 5.41) is 8.09. The van der Waals surface area contributed by atoms with Crippen molar-refractivity contribution in [2.24, 2.45) is 0 Å². The number of ether oxygens (including phenoxy) is 2. The molecule has 7 nitrogen and oxygen atoms in total. The van der Waals surface area contributed by atoms with Crippen LogP contribution in [0.15, 0.2) is 0 Å². The van der Waals surface area contributed by atoms with Gasteiger partial charge in [-0.15, -0.1) is 0 Å². The first kappa shape index (κ1) is 15.5. The van der Waals surface area contributed by atoms with E-state index < -0.39 is 18.6 Å². The fourth-order valence-corrected chi connectivity index (χ4v) is 1.12. The third-order valence-electron chi connectivity index (χ3n) is 1.80. The third-order valence-corrected chi connectivity index (χ3v) is 1.80. The zero-order chi connectivity index (χ0) is 13.1. The maximum atomic E-state index is 11.0. The van der Waals surface area contributed by atoms with E-state index in [1.165, 1.54) is 0 Å². The summed E-state index contributed by atoms with van der Waals surface area (Å²) in [4.78, 5) is 28.3. The van der Waals surface area contributed by atoms with Gasteiger partial charge >= 0.3 is 12.3 Å². The van der Waals surface area contributed by atoms with Crippen LogP contribution in [0, 0.1) is 0 Å². The predicted octanol–water partition coefficient (Wildman–Crippen LogP) is 2.69. The molecular weight excluding hydrogens is 232 g/mol. The Morgan fingerprint density at radius 1 is 1.18 bits per heavy atom. The van der Waals surface area contributed by atoms with Gasteiger partial charge in [0.1, 0.15) is 0 Å². The second-order valence-corrected chi connectivity index (χ2v) is 3.18. The lowest BCUT2D eigenvalue weighted by Gasteiger charge is -2.15. The van der Waals surface area contributed by atoms with E-state index >= 15 is 0 Å². The molecule has 0 aliphatic heterocycles. The van der Waals surface area contributed by atoms with Crippen molar-refractivity contribution in [1.29, 1.82) is 0 Å². The first-order valence-corrected chi connectivity index (χ1v) is 5.49. The van der Waals surface area contributed by atoms with Crippen LogP contribution in [0.1, 0.15) is 39.5 Å². The van der Waals surface area contributed by atoms with Crippen molar-refractivity contribution in [2.45, 2.75) is 45.8 Å². The summed E-state index contributed by atoms with van der Waals surface area (Å²) in [5.41, 5.74) is 0. The molecule has 1 unspecified atom stereocenters. The van der Waals surface area contributed by atoms with Crippen LogP contribution < -0.4 is 0 Å². The number of carbonyl (C=O) groups is 2. The molecule has 7 heteroatoms. The van der Waals surface area contributed by atoms with E-state index in [4.69, 9.17) is 14.6 Å². The largest absolute Gasteiger partial charge is 0.552 e. The van der Waals surface area contributed by atoms with Crippen molar-refractivity contribution in [3.8, 4) is 0 Å². The Bertz CT molecular complexity index is 229. The SMILES string of the molecule is CCCCCC(OCC)OC(=O)OOC(=O)O. The second kappa shape index (κ2) is 9.71. The molecule has 0 aliphatic rings. The summed E-state index contributed by atoms with van der Waals surface area (Å²) < 4.78 is 9.86. The van der Waals surface area contributed by atoms with Crippen LogP contribution in [0.4, 0.5) is 9.59 Å². The van der Waals surface area contributed by atoms with Crippen LogP contribution >= 0.6 is 0 Å². The Hall–Kier alpha value is -1.50. The summed E-state index contributed by atoms with van der Waals surface area (Å²) in [7, 11) is 0. The highest BCUT2D eigenvalue weighted by Crippen LogP contribution is 2.09. The van der Waals surface area contributed by atoms with Crippen molar-refractivity contribution in [3.05, 3.63) is 0 Å². The standard InChI is InChI=1S/C10H18O7/c1-3-5-6-7-8(14-4-2)15-10(13)17-16-9(11)12/h8H,3-7H2,1-2H3,(H,11,12). The molecule has 0 saturated carbocycles. The highest BCUT2D eigenvalue weighted by atomic mass is 17.3. The van der Waals surface area contributed by atoms with E-state index in [-0.39, 0.29) is 0 Å². The van der Waals surface area contributed by atoms with E-state index in [0.717, 1.165) is 19.3 Å². The summed E-state index contributed by atoms with van der Waals surface area (Å²) in [6.07, 6.45) is -0.295. The van der Waals surface area contributed by atoms with Crippen LogP contribution in [0.5, 0.6) is 0 Å². The summed E-state index contributed by atoms with van der Waals surface area (Å²) in [5.74, 6) is 0. The van der Waals surface area contributed by atoms with Gasteiger partial charge in [0.2, 0.25) is 6.29 Å². The number of hydrogen-bond acceptors (Lipinski definition) is 6. The van der Waals surface area contributed by atoms with Gasteiger partial charge in [0.15, 0.2) is 0 Å². The molecule has 17 heavy (non-hydrogen) atoms. The minimum atomic E-state index is -1.72. The van der Waals surface area contributed by atoms with E-state index in [0.29, 0.717) is 13.0 Å². The van der Waals surface area contributed by atoms with E-state index in [9.17, 15) is 9.59 Å². The predicted molar refractivity (Wildman–Crippen MR) is 56.2 cm³/mol. The van der Waals surface area contributed by atoms with Crippen LogP contribution in [0.25, 0.3) is 0 Å². The normalized spacial score (nSPS) is 11.6. The molecule has 0 heterocycles. The van der Waals surface area contributed by atoms with Crippen molar-refractivity contribution in [1.82, 2.24) is 0 Å². The first-order valence-electron chi connectivity index (χ1n) is 5.49. The average Bonchev–Trinajstić information content (AvgIpc) is 2.27. The van der Waals surface area contributed by atoms with Crippen LogP contribution in [-0.2, 0) is 19.2 Å². The van der Waals surface area contributed by atoms with Gasteiger partial charge in [-0.2, -0.15) is 9.68 Å². The van der Waals surface area contributed by atoms with Crippen molar-refractivity contribution in [3.63, 3.8) is 0 Å². The maximum absolute atomic E-state index is 11.0. The Morgan fingerprint density at radius 3 is 2.41 bits per heavy atom. The lowest BCUT2D eigenvalue weighted by atomic mass is 10.2. The zero-order valence-corrected chi connectivity index (χ0v) is 10.0. The topological polar surface area (TPSA) is 91.3 Å². The fraction of sp³-hybridized carbons (Fsp3) is 0.800. The molecule has 0 saturated heterocycles. The first-order chi connectivity index (χ1) is 8.10. The van der Waals surface area contributed by atoms with Crippen LogP contribution in [-0.4, -0.2) is 30.3 Å². The average molecular weight is 250 g/mol. The number of rotatable bonds is 7. The van der Waals surface area contributed by atoms with Gasteiger partial charge in [0.25, 0.3) is 0 Å². The Kier molecular flexibility index (Phi) is 8.85. The number of carbonyl (C=O) groups excluding carboxylic acids is 1. The number of hydrogen-bond donors (Lipinski definition) is 1. The molecule has 0 spiro atoms. The molecule has 0 aliphatic carbocycles. The molecule has 1 atom stereocenters. The van der Waals surface area contributed by atoms with Crippen molar-refractivity contribution < 1.29 is 33.9 Å². The fourth-order valence-electron chi connectivity index (χ4n) is 1.12. The number of unbranched alkanes of at least 4 members (excludes halogenated alkanes) is 2. The number of carboxylic acid groups (broad SMARTS) is 1. The van der Waals surface area contributed by atoms with Gasteiger partial charge in [-0.25, -0.2) is 9.68 Å². The summed E-state index contributed by atoms with van der Waals surface area (Å²) in [6, 6.07) is 0. The summed E-state index contributed by atoms with van der Waals surface area (Å²) >= 11 is 0. The van der Waals surface area contributed by atoms with Gasteiger partial charge in [0, 0.05) is 13.0 Å². The molecule has 0 amide bonds. The highest BCUT2D eigenvalue weighted by molar-refractivity contribution is 5.62. The molecule has 1 N–H and O–H groups in total. The molecule has 0 rings (SSSR count). The van der Waals surface area contributed by atoms with E-state index in [1.54, 1.807) is 6.92 Å². The second-order valence-electron chi connectivity index (χ2n) is 3.18. The molecule has 0 fully saturated rings. The molecule has 0 aromatic carbocycles. The smallest absolute Gasteiger partial charge is 0.447 e. The minimum Gasteiger partial charge on any atom is -0.447 e. The molecule has 0 radical (unpaired) electrons. The van der Waals surface area contributed by atoms with Gasteiger partial charge in [-0.3, -0.25) is 0 Å². The zero-order valence-electron chi connectivity index (χ0n) is 10.0. The molecule has 0 bridgehead atoms. The molecule has 0 aromatic rings. The summed E-state index contributed by atoms with van der Waals surface area (Å²) in [6.45, 7) is 4.19. The van der Waals surface area contributed by atoms with Gasteiger partial charge in [0.05, 0.1) is 0 Å². The molecule has 0 aromatic heterocycles. The van der Waals surface area contributed by atoms with Crippen LogP contribution in [0.2, 0.25) is 0 Å². The Morgan fingerprint density at radius 2 is 1.88 bits per heavy atom. The quantitative estimate of drug-likeness (QED) is 0.244. The molecule has 100 valence electrons.